The number of rotatable bonds is 1. The van der Waals surface area contributed by atoms with Gasteiger partial charge in [0.15, 0.2) is 0 Å². The summed E-state index contributed by atoms with van der Waals surface area (Å²) in [7, 11) is 0. The number of hydrogen-bond acceptors (Lipinski definition) is 3. The Bertz CT molecular complexity index is 1010. The highest BCUT2D eigenvalue weighted by Crippen LogP contribution is 2.42. The molecule has 4 nitrogen and oxygen atoms in total. The van der Waals surface area contributed by atoms with Crippen molar-refractivity contribution in [2.24, 2.45) is 0 Å². The van der Waals surface area contributed by atoms with Crippen LogP contribution in [-0.4, -0.2) is 10.8 Å². The zero-order valence-electron chi connectivity index (χ0n) is 12.9. The van der Waals surface area contributed by atoms with Crippen LogP contribution in [0.3, 0.4) is 0 Å². The second-order valence-corrected chi connectivity index (χ2v) is 6.01. The maximum Gasteiger partial charge on any atom is 0.216 e. The summed E-state index contributed by atoms with van der Waals surface area (Å²) in [5.41, 5.74) is 3.64. The van der Waals surface area contributed by atoms with E-state index < -0.39 is 5.54 Å². The first kappa shape index (κ1) is 13.6. The summed E-state index contributed by atoms with van der Waals surface area (Å²) in [4.78, 5) is 16.2. The molecular formula is C19H15N3O. The van der Waals surface area contributed by atoms with E-state index in [0.29, 0.717) is 11.1 Å². The predicted octanol–water partition coefficient (Wildman–Crippen LogP) is 3.81. The summed E-state index contributed by atoms with van der Waals surface area (Å²) in [6, 6.07) is 13.7. The van der Waals surface area contributed by atoms with Gasteiger partial charge in [0.1, 0.15) is 6.07 Å². The molecule has 2 aromatic carbocycles. The van der Waals surface area contributed by atoms with E-state index in [1.165, 1.54) is 0 Å². The number of carbonyl (C=O) groups is 1. The van der Waals surface area contributed by atoms with Crippen LogP contribution in [0.15, 0.2) is 42.6 Å². The number of aromatic nitrogens is 1. The number of para-hydroxylation sites is 2. The molecule has 4 rings (SSSR count). The van der Waals surface area contributed by atoms with Gasteiger partial charge < -0.3 is 10.3 Å². The van der Waals surface area contributed by atoms with E-state index in [-0.39, 0.29) is 5.78 Å². The third-order valence-corrected chi connectivity index (χ3v) is 4.67. The average Bonchev–Trinajstić information content (AvgIpc) is 3.10. The van der Waals surface area contributed by atoms with Gasteiger partial charge in [0, 0.05) is 33.9 Å². The fourth-order valence-corrected chi connectivity index (χ4v) is 3.41. The van der Waals surface area contributed by atoms with Gasteiger partial charge in [-0.05, 0) is 31.0 Å². The van der Waals surface area contributed by atoms with Crippen molar-refractivity contribution in [1.29, 1.82) is 5.26 Å². The molecular weight excluding hydrogens is 286 g/mol. The van der Waals surface area contributed by atoms with Crippen molar-refractivity contribution in [3.8, 4) is 6.07 Å². The van der Waals surface area contributed by atoms with Crippen molar-refractivity contribution < 1.29 is 4.79 Å². The third-order valence-electron chi connectivity index (χ3n) is 4.67. The minimum atomic E-state index is -1.37. The lowest BCUT2D eigenvalue weighted by atomic mass is 9.86. The fraction of sp³-hybridized carbons (Fsp3) is 0.158. The average molecular weight is 301 g/mol. The van der Waals surface area contributed by atoms with Crippen LogP contribution in [0.4, 0.5) is 5.69 Å². The molecule has 1 unspecified atom stereocenters. The molecule has 0 fully saturated rings. The summed E-state index contributed by atoms with van der Waals surface area (Å²) >= 11 is 0. The van der Waals surface area contributed by atoms with E-state index in [1.807, 2.05) is 44.2 Å². The molecule has 4 heteroatoms. The summed E-state index contributed by atoms with van der Waals surface area (Å²) in [6.07, 6.45) is 1.77. The van der Waals surface area contributed by atoms with Gasteiger partial charge in [0.25, 0.3) is 0 Å². The lowest BCUT2D eigenvalue weighted by Gasteiger charge is -2.20. The minimum Gasteiger partial charge on any atom is -0.361 e. The molecule has 2 N–H and O–H groups in total. The molecule has 0 bridgehead atoms. The monoisotopic (exact) mass is 301 g/mol. The lowest BCUT2D eigenvalue weighted by molar-refractivity contribution is 0.0949. The first-order valence-corrected chi connectivity index (χ1v) is 7.49. The number of carbonyl (C=O) groups excluding carboxylic acids is 1. The van der Waals surface area contributed by atoms with Gasteiger partial charge in [-0.1, -0.05) is 30.3 Å². The van der Waals surface area contributed by atoms with E-state index in [2.05, 4.69) is 16.4 Å². The Labute approximate surface area is 133 Å². The summed E-state index contributed by atoms with van der Waals surface area (Å²) < 4.78 is 0. The van der Waals surface area contributed by atoms with Crippen LogP contribution in [0.25, 0.3) is 10.9 Å². The van der Waals surface area contributed by atoms with Crippen LogP contribution in [0.2, 0.25) is 0 Å². The Morgan fingerprint density at radius 1 is 1.09 bits per heavy atom. The summed E-state index contributed by atoms with van der Waals surface area (Å²) in [5, 5.41) is 14.0. The second-order valence-electron chi connectivity index (χ2n) is 6.01. The van der Waals surface area contributed by atoms with Crippen molar-refractivity contribution in [2.75, 3.05) is 5.32 Å². The van der Waals surface area contributed by atoms with Crippen molar-refractivity contribution in [2.45, 2.75) is 19.4 Å². The van der Waals surface area contributed by atoms with Crippen LogP contribution in [-0.2, 0) is 5.54 Å². The van der Waals surface area contributed by atoms with Gasteiger partial charge in [-0.3, -0.25) is 4.79 Å². The Balaban J connectivity index is 2.00. The Kier molecular flexibility index (Phi) is 2.64. The molecule has 1 aliphatic heterocycles. The molecule has 23 heavy (non-hydrogen) atoms. The maximum atomic E-state index is 13.0. The zero-order valence-corrected chi connectivity index (χ0v) is 12.9. The largest absolute Gasteiger partial charge is 0.361 e. The van der Waals surface area contributed by atoms with Gasteiger partial charge in [-0.25, -0.2) is 0 Å². The Morgan fingerprint density at radius 3 is 2.57 bits per heavy atom. The lowest BCUT2D eigenvalue weighted by Crippen LogP contribution is -2.36. The van der Waals surface area contributed by atoms with Crippen LogP contribution in [0, 0.1) is 25.2 Å². The molecule has 112 valence electrons. The topological polar surface area (TPSA) is 68.7 Å². The molecule has 0 saturated heterocycles. The molecule has 1 aliphatic rings. The normalized spacial score (nSPS) is 19.4. The summed E-state index contributed by atoms with van der Waals surface area (Å²) in [6.45, 7) is 3.94. The molecule has 0 radical (unpaired) electrons. The highest BCUT2D eigenvalue weighted by molar-refractivity contribution is 6.17. The minimum absolute atomic E-state index is 0.193. The molecule has 0 spiro atoms. The number of nitriles is 1. The Hall–Kier alpha value is -3.06. The highest BCUT2D eigenvalue weighted by atomic mass is 16.1. The standard InChI is InChI=1S/C19H15N3O/c1-11-5-3-7-13-15(9-21-16(11)13)19(10-20)18(23)14-8-4-6-12(2)17(14)22-19/h3-9,21-22H,1-2H3. The molecule has 2 heterocycles. The number of ketones is 1. The number of benzene rings is 2. The molecule has 1 atom stereocenters. The predicted molar refractivity (Wildman–Crippen MR) is 89.5 cm³/mol. The van der Waals surface area contributed by atoms with Crippen LogP contribution in [0.1, 0.15) is 27.0 Å². The number of H-pyrrole nitrogens is 1. The number of hydrogen-bond donors (Lipinski definition) is 2. The summed E-state index contributed by atoms with van der Waals surface area (Å²) in [5.74, 6) is -0.193. The number of aromatic amines is 1. The van der Waals surface area contributed by atoms with E-state index in [9.17, 15) is 10.1 Å². The highest BCUT2D eigenvalue weighted by Gasteiger charge is 2.49. The van der Waals surface area contributed by atoms with Crippen molar-refractivity contribution in [1.82, 2.24) is 4.98 Å². The zero-order chi connectivity index (χ0) is 16.2. The SMILES string of the molecule is Cc1cccc2c1NC(C#N)(c1c[nH]c3c(C)cccc13)C2=O. The molecule has 0 aliphatic carbocycles. The van der Waals surface area contributed by atoms with Crippen LogP contribution in [0.5, 0.6) is 0 Å². The van der Waals surface area contributed by atoms with E-state index in [0.717, 1.165) is 27.7 Å². The Morgan fingerprint density at radius 2 is 1.83 bits per heavy atom. The smallest absolute Gasteiger partial charge is 0.216 e. The molecule has 3 aromatic rings. The fourth-order valence-electron chi connectivity index (χ4n) is 3.41. The van der Waals surface area contributed by atoms with E-state index in [1.54, 1.807) is 12.3 Å². The number of anilines is 1. The first-order chi connectivity index (χ1) is 11.1. The van der Waals surface area contributed by atoms with Gasteiger partial charge in [0.2, 0.25) is 11.3 Å². The second kappa shape index (κ2) is 4.47. The first-order valence-electron chi connectivity index (χ1n) is 7.49. The number of nitrogens with zero attached hydrogens (tertiary/aromatic N) is 1. The molecule has 0 amide bonds. The maximum absolute atomic E-state index is 13.0. The van der Waals surface area contributed by atoms with Crippen LogP contribution < -0.4 is 5.32 Å². The van der Waals surface area contributed by atoms with Crippen molar-refractivity contribution >= 4 is 22.4 Å². The van der Waals surface area contributed by atoms with Crippen molar-refractivity contribution in [3.05, 3.63) is 64.8 Å². The number of nitrogens with one attached hydrogen (secondary N) is 2. The quantitative estimate of drug-likeness (QED) is 0.718. The van der Waals surface area contributed by atoms with Gasteiger partial charge in [-0.2, -0.15) is 5.26 Å². The number of fused-ring (bicyclic) bond motifs is 2. The molecule has 1 aromatic heterocycles. The third kappa shape index (κ3) is 1.62. The van der Waals surface area contributed by atoms with Gasteiger partial charge in [-0.15, -0.1) is 0 Å². The van der Waals surface area contributed by atoms with Crippen molar-refractivity contribution in [3.63, 3.8) is 0 Å². The van der Waals surface area contributed by atoms with Gasteiger partial charge in [0.05, 0.1) is 0 Å². The van der Waals surface area contributed by atoms with E-state index >= 15 is 0 Å². The number of aryl methyl sites for hydroxylation is 2. The molecule has 0 saturated carbocycles. The van der Waals surface area contributed by atoms with E-state index in [4.69, 9.17) is 0 Å². The van der Waals surface area contributed by atoms with Crippen LogP contribution >= 0.6 is 0 Å². The number of Topliss-reactive ketones (excluding diaryl/α,β-unsaturated/α-hetero) is 1. The van der Waals surface area contributed by atoms with Gasteiger partial charge >= 0.3 is 0 Å².